The minimum atomic E-state index is -4.03. The largest absolute Gasteiger partial charge is 0.497 e. The van der Waals surface area contributed by atoms with E-state index >= 15 is 0 Å². The molecule has 0 spiro atoms. The van der Waals surface area contributed by atoms with Crippen molar-refractivity contribution in [1.29, 1.82) is 0 Å². The summed E-state index contributed by atoms with van der Waals surface area (Å²) in [5.74, 6) is 2.65. The zero-order valence-electron chi connectivity index (χ0n) is 20.0. The molecule has 4 rings (SSSR count). The van der Waals surface area contributed by atoms with Crippen LogP contribution < -0.4 is 19.2 Å². The van der Waals surface area contributed by atoms with Gasteiger partial charge in [0.05, 0.1) is 23.9 Å². The van der Waals surface area contributed by atoms with Gasteiger partial charge in [0.15, 0.2) is 0 Å². The van der Waals surface area contributed by atoms with Crippen LogP contribution in [-0.4, -0.2) is 51.8 Å². The molecule has 1 N–H and O–H groups in total. The molecule has 1 amide bonds. The van der Waals surface area contributed by atoms with Gasteiger partial charge in [-0.05, 0) is 61.0 Å². The van der Waals surface area contributed by atoms with Crippen LogP contribution in [0.15, 0.2) is 82.8 Å². The fourth-order valence-electron chi connectivity index (χ4n) is 3.39. The highest BCUT2D eigenvalue weighted by atomic mass is 32.2. The lowest BCUT2D eigenvalue weighted by molar-refractivity contribution is -0.119. The van der Waals surface area contributed by atoms with E-state index in [2.05, 4.69) is 10.5 Å². The first-order valence-corrected chi connectivity index (χ1v) is 13.8. The van der Waals surface area contributed by atoms with Gasteiger partial charge in [-0.1, -0.05) is 29.8 Å². The maximum atomic E-state index is 13.5. The van der Waals surface area contributed by atoms with Gasteiger partial charge in [-0.2, -0.15) is 16.9 Å². The van der Waals surface area contributed by atoms with E-state index < -0.39 is 22.5 Å². The lowest BCUT2D eigenvalue weighted by Crippen LogP contribution is -2.39. The topological polar surface area (TPSA) is 97.3 Å². The number of nitrogens with zero attached hydrogens (tertiary/aromatic N) is 2. The Morgan fingerprint density at radius 3 is 2.44 bits per heavy atom. The number of hydrazone groups is 1. The number of amides is 1. The highest BCUT2D eigenvalue weighted by molar-refractivity contribution is 8.00. The fraction of sp³-hybridized carbons (Fsp3) is 0.231. The van der Waals surface area contributed by atoms with Crippen LogP contribution in [0, 0.1) is 6.92 Å². The summed E-state index contributed by atoms with van der Waals surface area (Å²) in [5.41, 5.74) is 4.52. The van der Waals surface area contributed by atoms with E-state index in [4.69, 9.17) is 9.47 Å². The minimum Gasteiger partial charge on any atom is -0.497 e. The lowest BCUT2D eigenvalue weighted by Gasteiger charge is -2.25. The standard InChI is InChI=1S/C26H27N3O5S2/c1-19-6-8-21(9-7-19)29(36(31,32)25-12-10-22(33-2)11-13-25)16-26(30)28-27-15-20-4-3-5-23(14-20)34-24-17-35-18-24/h3-15,24H,16-18H2,1-2H3,(H,28,30)/b27-15+. The predicted octanol–water partition coefficient (Wildman–Crippen LogP) is 3.84. The molecule has 0 saturated carbocycles. The number of thioether (sulfide) groups is 1. The summed E-state index contributed by atoms with van der Waals surface area (Å²) in [6.45, 7) is 1.45. The molecule has 0 bridgehead atoms. The third-order valence-electron chi connectivity index (χ3n) is 5.43. The Bertz CT molecular complexity index is 1320. The lowest BCUT2D eigenvalue weighted by atomic mass is 10.2. The van der Waals surface area contributed by atoms with Crippen LogP contribution in [0.1, 0.15) is 11.1 Å². The normalized spacial score (nSPS) is 13.7. The average molecular weight is 526 g/mol. The summed E-state index contributed by atoms with van der Waals surface area (Å²) in [7, 11) is -2.53. The Morgan fingerprint density at radius 2 is 1.81 bits per heavy atom. The highest BCUT2D eigenvalue weighted by Crippen LogP contribution is 2.26. The fourth-order valence-corrected chi connectivity index (χ4v) is 5.37. The molecule has 10 heteroatoms. The Morgan fingerprint density at radius 1 is 1.08 bits per heavy atom. The number of benzene rings is 3. The summed E-state index contributed by atoms with van der Waals surface area (Å²) >= 11 is 1.84. The van der Waals surface area contributed by atoms with Gasteiger partial charge in [-0.15, -0.1) is 0 Å². The van der Waals surface area contributed by atoms with Crippen LogP contribution in [-0.2, 0) is 14.8 Å². The molecule has 8 nitrogen and oxygen atoms in total. The Hall–Kier alpha value is -3.50. The SMILES string of the molecule is COc1ccc(S(=O)(=O)N(CC(=O)N/N=C/c2cccc(OC3CSC3)c2)c2ccc(C)cc2)cc1. The molecular weight excluding hydrogens is 498 g/mol. The number of anilines is 1. The van der Waals surface area contributed by atoms with Crippen molar-refractivity contribution in [2.45, 2.75) is 17.9 Å². The Balaban J connectivity index is 1.48. The first kappa shape index (κ1) is 25.6. The first-order chi connectivity index (χ1) is 17.3. The molecule has 1 heterocycles. The van der Waals surface area contributed by atoms with Crippen LogP contribution >= 0.6 is 11.8 Å². The molecule has 0 aromatic heterocycles. The zero-order chi connectivity index (χ0) is 25.5. The molecule has 188 valence electrons. The number of carbonyl (C=O) groups excluding carboxylic acids is 1. The van der Waals surface area contributed by atoms with E-state index in [1.807, 2.05) is 43.0 Å². The summed E-state index contributed by atoms with van der Waals surface area (Å²) in [4.78, 5) is 12.8. The van der Waals surface area contributed by atoms with Gasteiger partial charge in [-0.25, -0.2) is 13.8 Å². The Labute approximate surface area is 215 Å². The number of nitrogens with one attached hydrogen (secondary N) is 1. The number of ether oxygens (including phenoxy) is 2. The number of sulfonamides is 1. The summed E-state index contributed by atoms with van der Waals surface area (Å²) < 4.78 is 39.0. The second kappa shape index (κ2) is 11.5. The van der Waals surface area contributed by atoms with Crippen molar-refractivity contribution >= 4 is 39.6 Å². The molecule has 0 unspecified atom stereocenters. The molecule has 1 aliphatic rings. The maximum absolute atomic E-state index is 13.5. The summed E-state index contributed by atoms with van der Waals surface area (Å²) in [5, 5.41) is 4.01. The van der Waals surface area contributed by atoms with Crippen molar-refractivity contribution < 1.29 is 22.7 Å². The molecular formula is C26H27N3O5S2. The van der Waals surface area contributed by atoms with Crippen LogP contribution in [0.2, 0.25) is 0 Å². The van der Waals surface area contributed by atoms with Crippen LogP contribution in [0.3, 0.4) is 0 Å². The quantitative estimate of drug-likeness (QED) is 0.319. The maximum Gasteiger partial charge on any atom is 0.264 e. The van der Waals surface area contributed by atoms with E-state index in [9.17, 15) is 13.2 Å². The van der Waals surface area contributed by atoms with E-state index in [1.165, 1.54) is 25.5 Å². The molecule has 1 aliphatic heterocycles. The van der Waals surface area contributed by atoms with Crippen LogP contribution in [0.4, 0.5) is 5.69 Å². The number of rotatable bonds is 10. The summed E-state index contributed by atoms with van der Waals surface area (Å²) in [6, 6.07) is 20.3. The molecule has 3 aromatic carbocycles. The first-order valence-electron chi connectivity index (χ1n) is 11.2. The molecule has 36 heavy (non-hydrogen) atoms. The summed E-state index contributed by atoms with van der Waals surface area (Å²) in [6.07, 6.45) is 1.72. The molecule has 1 fully saturated rings. The molecule has 0 aliphatic carbocycles. The van der Waals surface area contributed by atoms with Gasteiger partial charge < -0.3 is 9.47 Å². The third kappa shape index (κ3) is 6.38. The van der Waals surface area contributed by atoms with E-state index in [-0.39, 0.29) is 11.0 Å². The number of hydrogen-bond acceptors (Lipinski definition) is 7. The zero-order valence-corrected chi connectivity index (χ0v) is 21.6. The molecule has 1 saturated heterocycles. The van der Waals surface area contributed by atoms with Crippen molar-refractivity contribution in [1.82, 2.24) is 5.43 Å². The van der Waals surface area contributed by atoms with E-state index in [0.717, 1.165) is 32.7 Å². The van der Waals surface area contributed by atoms with Crippen molar-refractivity contribution in [3.8, 4) is 11.5 Å². The average Bonchev–Trinajstić information content (AvgIpc) is 2.86. The second-order valence-corrected chi connectivity index (χ2v) is 11.1. The molecule has 0 atom stereocenters. The number of hydrogen-bond donors (Lipinski definition) is 1. The number of carbonyl (C=O) groups is 1. The van der Waals surface area contributed by atoms with E-state index in [0.29, 0.717) is 11.4 Å². The van der Waals surface area contributed by atoms with E-state index in [1.54, 1.807) is 36.4 Å². The third-order valence-corrected chi connectivity index (χ3v) is 8.43. The van der Waals surface area contributed by atoms with Gasteiger partial charge in [0.25, 0.3) is 15.9 Å². The van der Waals surface area contributed by atoms with Crippen molar-refractivity contribution in [2.24, 2.45) is 5.10 Å². The number of methoxy groups -OCH3 is 1. The molecule has 0 radical (unpaired) electrons. The van der Waals surface area contributed by atoms with Gasteiger partial charge in [0, 0.05) is 11.5 Å². The van der Waals surface area contributed by atoms with Gasteiger partial charge in [0.2, 0.25) is 0 Å². The smallest absolute Gasteiger partial charge is 0.264 e. The van der Waals surface area contributed by atoms with Crippen molar-refractivity contribution in [2.75, 3.05) is 29.5 Å². The Kier molecular flexibility index (Phi) is 8.17. The van der Waals surface area contributed by atoms with Crippen LogP contribution in [0.5, 0.6) is 11.5 Å². The second-order valence-electron chi connectivity index (χ2n) is 8.17. The molecule has 3 aromatic rings. The monoisotopic (exact) mass is 525 g/mol. The van der Waals surface area contributed by atoms with Crippen molar-refractivity contribution in [3.05, 3.63) is 83.9 Å². The predicted molar refractivity (Wildman–Crippen MR) is 143 cm³/mol. The minimum absolute atomic E-state index is 0.0434. The highest BCUT2D eigenvalue weighted by Gasteiger charge is 2.27. The van der Waals surface area contributed by atoms with Crippen molar-refractivity contribution in [3.63, 3.8) is 0 Å². The number of aryl methyl sites for hydroxylation is 1. The van der Waals surface area contributed by atoms with Gasteiger partial charge in [-0.3, -0.25) is 9.10 Å². The van der Waals surface area contributed by atoms with Gasteiger partial charge in [0.1, 0.15) is 24.1 Å². The van der Waals surface area contributed by atoms with Gasteiger partial charge >= 0.3 is 0 Å². The van der Waals surface area contributed by atoms with Crippen LogP contribution in [0.25, 0.3) is 0 Å².